The third-order valence-electron chi connectivity index (χ3n) is 4.92. The second kappa shape index (κ2) is 10.3. The zero-order valence-electron chi connectivity index (χ0n) is 18.6. The molecule has 0 radical (unpaired) electrons. The predicted octanol–water partition coefficient (Wildman–Crippen LogP) is 1.77. The first-order valence-corrected chi connectivity index (χ1v) is 10.4. The van der Waals surface area contributed by atoms with Crippen LogP contribution in [0.1, 0.15) is 45.4 Å². The number of aromatic nitrogens is 2. The molecule has 0 fully saturated rings. The molecular weight excluding hydrogens is 429 g/mol. The van der Waals surface area contributed by atoms with Gasteiger partial charge in [0.15, 0.2) is 11.4 Å². The Balaban J connectivity index is 2.06. The molecule has 174 valence electrons. The Kier molecular flexibility index (Phi) is 7.52. The fraction of sp³-hybridized carbons (Fsp3) is 0.304. The summed E-state index contributed by atoms with van der Waals surface area (Å²) in [5, 5.41) is 24.6. The van der Waals surface area contributed by atoms with Crippen molar-refractivity contribution in [1.82, 2.24) is 25.7 Å². The second-order valence-corrected chi connectivity index (χ2v) is 7.81. The largest absolute Gasteiger partial charge is 0.504 e. The van der Waals surface area contributed by atoms with Crippen molar-refractivity contribution in [3.05, 3.63) is 64.9 Å². The Hall–Kier alpha value is -3.63. The van der Waals surface area contributed by atoms with Crippen LogP contribution in [0, 0.1) is 5.82 Å². The van der Waals surface area contributed by atoms with Gasteiger partial charge in [-0.1, -0.05) is 19.1 Å². The Labute approximate surface area is 190 Å². The second-order valence-electron chi connectivity index (χ2n) is 7.81. The highest BCUT2D eigenvalue weighted by atomic mass is 19.1. The highest BCUT2D eigenvalue weighted by Gasteiger charge is 2.24. The number of nitrogens with zero attached hydrogens (tertiary/aromatic N) is 3. The van der Waals surface area contributed by atoms with E-state index < -0.39 is 23.7 Å². The quantitative estimate of drug-likeness (QED) is 0.381. The van der Waals surface area contributed by atoms with E-state index in [-0.39, 0.29) is 34.7 Å². The maximum absolute atomic E-state index is 13.2. The van der Waals surface area contributed by atoms with Gasteiger partial charge in [-0.25, -0.2) is 14.4 Å². The van der Waals surface area contributed by atoms with Crippen LogP contribution in [0.2, 0.25) is 0 Å². The zero-order valence-corrected chi connectivity index (χ0v) is 18.6. The first-order chi connectivity index (χ1) is 15.7. The predicted molar refractivity (Wildman–Crippen MR) is 120 cm³/mol. The lowest BCUT2D eigenvalue weighted by atomic mass is 10.0. The topological polar surface area (TPSA) is 128 Å². The molecule has 2 amide bonds. The average molecular weight is 455 g/mol. The normalized spacial score (nSPS) is 12.1. The number of aliphatic hydroxyl groups is 1. The van der Waals surface area contributed by atoms with Gasteiger partial charge < -0.3 is 15.5 Å². The number of amides is 2. The Morgan fingerprint density at radius 2 is 1.82 bits per heavy atom. The lowest BCUT2D eigenvalue weighted by molar-refractivity contribution is 0.0853. The lowest BCUT2D eigenvalue weighted by Gasteiger charge is -2.16. The number of pyridine rings is 2. The summed E-state index contributed by atoms with van der Waals surface area (Å²) in [7, 11) is 3.25. The molecule has 2 aromatic heterocycles. The highest BCUT2D eigenvalue weighted by molar-refractivity contribution is 6.09. The standard InChI is InChI=1S/C23H26FN5O4/c1-4-16(30)12-26-22(32)20-21(31)18-17(19(27-20)23(33)28-29(2)3)10-14(11-25-18)9-13-5-7-15(24)8-6-13/h5-8,10-11,16,30-31H,4,9,12H2,1-3H3,(H,26,32)(H,28,33). The van der Waals surface area contributed by atoms with Gasteiger partial charge in [0.05, 0.1) is 6.10 Å². The van der Waals surface area contributed by atoms with Gasteiger partial charge in [-0.3, -0.25) is 20.0 Å². The molecule has 0 saturated heterocycles. The van der Waals surface area contributed by atoms with Crippen molar-refractivity contribution in [1.29, 1.82) is 0 Å². The molecule has 33 heavy (non-hydrogen) atoms. The highest BCUT2D eigenvalue weighted by Crippen LogP contribution is 2.29. The number of aliphatic hydroxyl groups excluding tert-OH is 1. The lowest BCUT2D eigenvalue weighted by Crippen LogP contribution is -2.37. The SMILES string of the molecule is CCC(O)CNC(=O)c1nc(C(=O)NN(C)C)c2cc(Cc3ccc(F)cc3)cnc2c1O. The van der Waals surface area contributed by atoms with Crippen molar-refractivity contribution in [2.24, 2.45) is 0 Å². The van der Waals surface area contributed by atoms with Crippen LogP contribution in [-0.4, -0.2) is 63.7 Å². The molecule has 10 heteroatoms. The molecule has 0 aliphatic heterocycles. The van der Waals surface area contributed by atoms with Crippen LogP contribution in [0.5, 0.6) is 5.75 Å². The van der Waals surface area contributed by atoms with Crippen molar-refractivity contribution < 1.29 is 24.2 Å². The summed E-state index contributed by atoms with van der Waals surface area (Å²) >= 11 is 0. The molecule has 1 aromatic carbocycles. The number of aromatic hydroxyl groups is 1. The Morgan fingerprint density at radius 3 is 2.45 bits per heavy atom. The van der Waals surface area contributed by atoms with Crippen molar-refractivity contribution in [3.8, 4) is 5.75 Å². The van der Waals surface area contributed by atoms with E-state index in [1.807, 2.05) is 0 Å². The molecule has 1 unspecified atom stereocenters. The van der Waals surface area contributed by atoms with Crippen LogP contribution in [-0.2, 0) is 6.42 Å². The van der Waals surface area contributed by atoms with Gasteiger partial charge >= 0.3 is 0 Å². The molecule has 0 spiro atoms. The third kappa shape index (κ3) is 5.79. The number of carbonyl (C=O) groups excluding carboxylic acids is 2. The Bertz CT molecular complexity index is 1170. The van der Waals surface area contributed by atoms with Gasteiger partial charge in [0.25, 0.3) is 11.8 Å². The summed E-state index contributed by atoms with van der Waals surface area (Å²) in [6, 6.07) is 7.66. The number of rotatable bonds is 8. The van der Waals surface area contributed by atoms with Crippen LogP contribution in [0.4, 0.5) is 4.39 Å². The third-order valence-corrected chi connectivity index (χ3v) is 4.92. The number of hydrogen-bond acceptors (Lipinski definition) is 7. The van der Waals surface area contributed by atoms with E-state index in [0.29, 0.717) is 18.4 Å². The van der Waals surface area contributed by atoms with Gasteiger partial charge in [-0.15, -0.1) is 0 Å². The molecule has 3 aromatic rings. The van der Waals surface area contributed by atoms with Gasteiger partial charge in [0.2, 0.25) is 0 Å². The van der Waals surface area contributed by atoms with Crippen molar-refractivity contribution in [2.45, 2.75) is 25.9 Å². The summed E-state index contributed by atoms with van der Waals surface area (Å²) in [4.78, 5) is 33.9. The van der Waals surface area contributed by atoms with Crippen LogP contribution >= 0.6 is 0 Å². The summed E-state index contributed by atoms with van der Waals surface area (Å²) in [6.45, 7) is 1.73. The molecule has 4 N–H and O–H groups in total. The first kappa shape index (κ1) is 24.0. The van der Waals surface area contributed by atoms with E-state index in [2.05, 4.69) is 20.7 Å². The van der Waals surface area contributed by atoms with E-state index in [4.69, 9.17) is 0 Å². The Morgan fingerprint density at radius 1 is 1.12 bits per heavy atom. The molecule has 0 aliphatic carbocycles. The number of halogens is 1. The van der Waals surface area contributed by atoms with Crippen molar-refractivity contribution in [3.63, 3.8) is 0 Å². The van der Waals surface area contributed by atoms with Crippen LogP contribution in [0.15, 0.2) is 36.5 Å². The zero-order chi connectivity index (χ0) is 24.1. The number of benzene rings is 1. The van der Waals surface area contributed by atoms with E-state index in [0.717, 1.165) is 5.56 Å². The summed E-state index contributed by atoms with van der Waals surface area (Å²) in [5.74, 6) is -2.14. The molecule has 0 aliphatic rings. The summed E-state index contributed by atoms with van der Waals surface area (Å²) < 4.78 is 13.2. The smallest absolute Gasteiger partial charge is 0.284 e. The minimum absolute atomic E-state index is 0.0300. The average Bonchev–Trinajstić information content (AvgIpc) is 2.78. The van der Waals surface area contributed by atoms with Crippen molar-refractivity contribution >= 4 is 22.7 Å². The fourth-order valence-corrected chi connectivity index (χ4v) is 3.18. The molecule has 3 rings (SSSR count). The maximum Gasteiger partial charge on any atom is 0.284 e. The van der Waals surface area contributed by atoms with Crippen LogP contribution < -0.4 is 10.7 Å². The van der Waals surface area contributed by atoms with Gasteiger partial charge in [-0.2, -0.15) is 0 Å². The van der Waals surface area contributed by atoms with Crippen LogP contribution in [0.3, 0.4) is 0 Å². The number of carbonyl (C=O) groups is 2. The summed E-state index contributed by atoms with van der Waals surface area (Å²) in [5.41, 5.74) is 3.70. The molecule has 0 saturated carbocycles. The molecule has 1 atom stereocenters. The van der Waals surface area contributed by atoms with E-state index in [1.54, 1.807) is 39.2 Å². The maximum atomic E-state index is 13.2. The van der Waals surface area contributed by atoms with Gasteiger partial charge in [-0.05, 0) is 42.2 Å². The van der Waals surface area contributed by atoms with Gasteiger partial charge in [0, 0.05) is 32.2 Å². The van der Waals surface area contributed by atoms with Crippen molar-refractivity contribution in [2.75, 3.05) is 20.6 Å². The molecule has 0 bridgehead atoms. The number of nitrogens with one attached hydrogen (secondary N) is 2. The van der Waals surface area contributed by atoms with E-state index >= 15 is 0 Å². The van der Waals surface area contributed by atoms with E-state index in [9.17, 15) is 24.2 Å². The summed E-state index contributed by atoms with van der Waals surface area (Å²) in [6.07, 6.45) is 1.61. The number of fused-ring (bicyclic) bond motifs is 1. The monoisotopic (exact) mass is 455 g/mol. The van der Waals surface area contributed by atoms with E-state index in [1.165, 1.54) is 23.3 Å². The molecule has 9 nitrogen and oxygen atoms in total. The number of hydrazine groups is 1. The fourth-order valence-electron chi connectivity index (χ4n) is 3.18. The van der Waals surface area contributed by atoms with Gasteiger partial charge in [0.1, 0.15) is 17.0 Å². The van der Waals surface area contributed by atoms with Crippen LogP contribution in [0.25, 0.3) is 10.9 Å². The first-order valence-electron chi connectivity index (χ1n) is 10.4. The molecular formula is C23H26FN5O4. The molecule has 2 heterocycles. The minimum atomic E-state index is -0.750. The minimum Gasteiger partial charge on any atom is -0.504 e. The number of hydrogen-bond donors (Lipinski definition) is 4.